The molecule has 0 aromatic carbocycles. The van der Waals surface area contributed by atoms with Crippen molar-refractivity contribution < 1.29 is 32.6 Å². The Labute approximate surface area is 196 Å². The molecule has 3 aromatic rings. The number of halogens is 3. The molecule has 1 amide bonds. The van der Waals surface area contributed by atoms with Gasteiger partial charge in [0.05, 0.1) is 30.0 Å². The Morgan fingerprint density at radius 2 is 1.88 bits per heavy atom. The molecule has 0 radical (unpaired) electrons. The lowest BCUT2D eigenvalue weighted by Crippen LogP contribution is -2.36. The van der Waals surface area contributed by atoms with E-state index in [2.05, 4.69) is 11.0 Å². The lowest BCUT2D eigenvalue weighted by Gasteiger charge is -2.28. The fourth-order valence-electron chi connectivity index (χ4n) is 3.78. The van der Waals surface area contributed by atoms with Crippen LogP contribution in [0, 0.1) is 0 Å². The van der Waals surface area contributed by atoms with E-state index in [0.29, 0.717) is 6.54 Å². The summed E-state index contributed by atoms with van der Waals surface area (Å²) >= 11 is 1.49. The molecule has 2 aliphatic heterocycles. The van der Waals surface area contributed by atoms with Gasteiger partial charge in [0.1, 0.15) is 0 Å². The van der Waals surface area contributed by atoms with Crippen LogP contribution in [0.2, 0.25) is 0 Å². The van der Waals surface area contributed by atoms with Crippen molar-refractivity contribution in [3.8, 4) is 0 Å². The highest BCUT2D eigenvalue weighted by atomic mass is 32.1. The van der Waals surface area contributed by atoms with Gasteiger partial charge in [-0.2, -0.15) is 18.3 Å². The van der Waals surface area contributed by atoms with Crippen LogP contribution in [-0.2, 0) is 9.53 Å². The van der Waals surface area contributed by atoms with Gasteiger partial charge in [-0.15, -0.1) is 11.3 Å². The van der Waals surface area contributed by atoms with Crippen molar-refractivity contribution in [1.29, 1.82) is 0 Å². The zero-order chi connectivity index (χ0) is 24.3. The van der Waals surface area contributed by atoms with E-state index < -0.39 is 12.1 Å². The molecule has 34 heavy (non-hydrogen) atoms. The number of pyridine rings is 1. The Bertz CT molecular complexity index is 1150. The predicted molar refractivity (Wildman–Crippen MR) is 117 cm³/mol. The number of amides is 1. The second kappa shape index (κ2) is 9.97. The van der Waals surface area contributed by atoms with Crippen molar-refractivity contribution in [1.82, 2.24) is 19.5 Å². The third kappa shape index (κ3) is 5.47. The van der Waals surface area contributed by atoms with Gasteiger partial charge in [-0.1, -0.05) is 6.07 Å². The molecule has 0 saturated carbocycles. The first kappa shape index (κ1) is 24.0. The van der Waals surface area contributed by atoms with Crippen LogP contribution < -0.4 is 4.90 Å². The van der Waals surface area contributed by atoms with Crippen molar-refractivity contribution in [2.75, 3.05) is 44.3 Å². The smallest absolute Gasteiger partial charge is 0.475 e. The topological polar surface area (TPSA) is 100 Å². The third-order valence-corrected chi connectivity index (χ3v) is 6.38. The highest BCUT2D eigenvalue weighted by molar-refractivity contribution is 7.12. The molecule has 5 heterocycles. The number of carbonyl (C=O) groups excluding carboxylic acids is 1. The number of rotatable bonds is 3. The van der Waals surface area contributed by atoms with Crippen LogP contribution in [0.3, 0.4) is 0 Å². The molecule has 1 N–H and O–H groups in total. The van der Waals surface area contributed by atoms with Gasteiger partial charge in [0.25, 0.3) is 5.91 Å². The number of carboxylic acids is 1. The second-order valence-electron chi connectivity index (χ2n) is 7.78. The van der Waals surface area contributed by atoms with Crippen LogP contribution in [-0.4, -0.2) is 82.1 Å². The maximum Gasteiger partial charge on any atom is 0.490 e. The fourth-order valence-corrected chi connectivity index (χ4v) is 4.47. The highest BCUT2D eigenvalue weighted by Gasteiger charge is 2.38. The molecule has 3 aromatic heterocycles. The maximum absolute atomic E-state index is 12.6. The minimum atomic E-state index is -5.08. The van der Waals surface area contributed by atoms with E-state index in [1.54, 1.807) is 0 Å². The minimum absolute atomic E-state index is 0.117. The summed E-state index contributed by atoms with van der Waals surface area (Å²) in [5, 5.41) is 13.8. The largest absolute Gasteiger partial charge is 0.490 e. The van der Waals surface area contributed by atoms with Gasteiger partial charge in [0, 0.05) is 32.1 Å². The standard InChI is InChI=1S/C19H21N5O2S.C2HF3O2/c25-19(16-2-1-11-27-16)23-6-5-14(12-23)18-20-17-4-3-15(13-24(17)21-18)22-7-9-26-10-8-22;3-2(4,5)1(6)7/h1-4,11,13-14H,5-10,12H2;(H,6,7). The molecule has 0 aliphatic carbocycles. The number of anilines is 1. The molecule has 0 spiro atoms. The minimum Gasteiger partial charge on any atom is -0.475 e. The monoisotopic (exact) mass is 497 g/mol. The summed E-state index contributed by atoms with van der Waals surface area (Å²) in [6.07, 6.45) is -2.13. The zero-order valence-corrected chi connectivity index (χ0v) is 18.8. The van der Waals surface area contributed by atoms with E-state index in [9.17, 15) is 18.0 Å². The van der Waals surface area contributed by atoms with E-state index in [-0.39, 0.29) is 11.8 Å². The average Bonchev–Trinajstić information content (AvgIpc) is 3.59. The quantitative estimate of drug-likeness (QED) is 0.594. The summed E-state index contributed by atoms with van der Waals surface area (Å²) in [6.45, 7) is 4.76. The second-order valence-corrected chi connectivity index (χ2v) is 8.72. The summed E-state index contributed by atoms with van der Waals surface area (Å²) < 4.78 is 39.0. The average molecular weight is 497 g/mol. The van der Waals surface area contributed by atoms with Crippen LogP contribution in [0.5, 0.6) is 0 Å². The van der Waals surface area contributed by atoms with Gasteiger partial charge in [-0.3, -0.25) is 4.79 Å². The molecule has 2 saturated heterocycles. The number of morpholine rings is 1. The Hall–Kier alpha value is -3.19. The number of alkyl halides is 3. The van der Waals surface area contributed by atoms with Crippen molar-refractivity contribution >= 4 is 34.5 Å². The lowest BCUT2D eigenvalue weighted by molar-refractivity contribution is -0.192. The number of thiophene rings is 1. The van der Waals surface area contributed by atoms with Crippen LogP contribution >= 0.6 is 11.3 Å². The number of aromatic nitrogens is 3. The molecule has 0 bridgehead atoms. The molecule has 2 fully saturated rings. The van der Waals surface area contributed by atoms with Crippen LogP contribution in [0.1, 0.15) is 27.8 Å². The van der Waals surface area contributed by atoms with Crippen molar-refractivity contribution in [2.24, 2.45) is 0 Å². The number of aliphatic carboxylic acids is 1. The summed E-state index contributed by atoms with van der Waals surface area (Å²) in [7, 11) is 0. The van der Waals surface area contributed by atoms with E-state index in [1.165, 1.54) is 11.3 Å². The fraction of sp³-hybridized carbons (Fsp3) is 0.429. The Morgan fingerprint density at radius 3 is 2.53 bits per heavy atom. The first-order valence-corrected chi connectivity index (χ1v) is 11.4. The number of carboxylic acid groups (broad SMARTS) is 1. The van der Waals surface area contributed by atoms with Gasteiger partial charge in [0.15, 0.2) is 11.5 Å². The predicted octanol–water partition coefficient (Wildman–Crippen LogP) is 2.89. The maximum atomic E-state index is 12.6. The molecule has 2 aliphatic rings. The first-order chi connectivity index (χ1) is 16.2. The summed E-state index contributed by atoms with van der Waals surface area (Å²) in [5.41, 5.74) is 1.99. The van der Waals surface area contributed by atoms with Gasteiger partial charge in [-0.05, 0) is 30.0 Å². The highest BCUT2D eigenvalue weighted by Crippen LogP contribution is 2.28. The third-order valence-electron chi connectivity index (χ3n) is 5.52. The van der Waals surface area contributed by atoms with E-state index >= 15 is 0 Å². The molecule has 13 heteroatoms. The molecule has 1 unspecified atom stereocenters. The molecule has 1 atom stereocenters. The van der Waals surface area contributed by atoms with Crippen molar-refractivity contribution in [3.05, 3.63) is 46.5 Å². The molecule has 9 nitrogen and oxygen atoms in total. The molecule has 182 valence electrons. The number of nitrogens with zero attached hydrogens (tertiary/aromatic N) is 5. The van der Waals surface area contributed by atoms with Crippen LogP contribution in [0.15, 0.2) is 35.8 Å². The Kier molecular flexibility index (Phi) is 7.03. The normalized spacial score (nSPS) is 18.6. The number of hydrogen-bond donors (Lipinski definition) is 1. The summed E-state index contributed by atoms with van der Waals surface area (Å²) in [4.78, 5) is 31.2. The zero-order valence-electron chi connectivity index (χ0n) is 17.9. The van der Waals surface area contributed by atoms with E-state index in [1.807, 2.05) is 39.2 Å². The van der Waals surface area contributed by atoms with Gasteiger partial charge >= 0.3 is 12.1 Å². The molecular formula is C21H22F3N5O4S. The molecule has 5 rings (SSSR count). The number of ether oxygens (including phenoxy) is 1. The van der Waals surface area contributed by atoms with Crippen LogP contribution in [0.4, 0.5) is 18.9 Å². The van der Waals surface area contributed by atoms with Gasteiger partial charge in [0.2, 0.25) is 0 Å². The Balaban J connectivity index is 0.000000344. The Morgan fingerprint density at radius 1 is 1.15 bits per heavy atom. The summed E-state index contributed by atoms with van der Waals surface area (Å²) in [6, 6.07) is 7.92. The first-order valence-electron chi connectivity index (χ1n) is 10.5. The molecular weight excluding hydrogens is 475 g/mol. The van der Waals surface area contributed by atoms with E-state index in [4.69, 9.17) is 24.7 Å². The van der Waals surface area contributed by atoms with E-state index in [0.717, 1.165) is 61.3 Å². The number of likely N-dealkylation sites (tertiary alicyclic amines) is 1. The van der Waals surface area contributed by atoms with Crippen molar-refractivity contribution in [2.45, 2.75) is 18.5 Å². The summed E-state index contributed by atoms with van der Waals surface area (Å²) in [5.74, 6) is -1.62. The lowest BCUT2D eigenvalue weighted by atomic mass is 10.1. The SMILES string of the molecule is O=C(O)C(F)(F)F.O=C(c1cccs1)N1CCC(c2nc3ccc(N4CCOCC4)cn3n2)C1. The number of carbonyl (C=O) groups is 2. The van der Waals surface area contributed by atoms with Gasteiger partial charge in [-0.25, -0.2) is 14.3 Å². The van der Waals surface area contributed by atoms with Crippen LogP contribution in [0.25, 0.3) is 5.65 Å². The number of fused-ring (bicyclic) bond motifs is 1. The van der Waals surface area contributed by atoms with Gasteiger partial charge < -0.3 is 19.6 Å². The van der Waals surface area contributed by atoms with Crippen molar-refractivity contribution in [3.63, 3.8) is 0 Å². The number of hydrogen-bond acceptors (Lipinski definition) is 7.